The number of benzene rings is 1. The minimum Gasteiger partial charge on any atom is -0.356 e. The van der Waals surface area contributed by atoms with E-state index < -0.39 is 5.82 Å². The van der Waals surface area contributed by atoms with E-state index in [1.807, 2.05) is 6.07 Å². The molecule has 1 saturated heterocycles. The fraction of sp³-hybridized carbons (Fsp3) is 0.421. The van der Waals surface area contributed by atoms with Crippen molar-refractivity contribution in [3.63, 3.8) is 0 Å². The molecular formula is C19H22BrFN4OS. The zero-order chi connectivity index (χ0) is 19.4. The van der Waals surface area contributed by atoms with E-state index in [4.69, 9.17) is 0 Å². The summed E-state index contributed by atoms with van der Waals surface area (Å²) in [4.78, 5) is 23.0. The van der Waals surface area contributed by atoms with Crippen LogP contribution in [-0.2, 0) is 4.79 Å². The van der Waals surface area contributed by atoms with Crippen LogP contribution in [0.4, 0.5) is 15.9 Å². The first-order chi connectivity index (χ1) is 12.9. The van der Waals surface area contributed by atoms with Crippen LogP contribution in [-0.4, -0.2) is 34.7 Å². The summed E-state index contributed by atoms with van der Waals surface area (Å²) in [6.07, 6.45) is 2.77. The summed E-state index contributed by atoms with van der Waals surface area (Å²) in [5.41, 5.74) is 0.170. The van der Waals surface area contributed by atoms with E-state index in [0.29, 0.717) is 16.3 Å². The molecule has 2 atom stereocenters. The molecule has 0 spiro atoms. The molecule has 8 heteroatoms. The lowest BCUT2D eigenvalue weighted by Gasteiger charge is -2.35. The molecule has 0 radical (unpaired) electrons. The highest BCUT2D eigenvalue weighted by Crippen LogP contribution is 2.27. The Morgan fingerprint density at radius 3 is 2.74 bits per heavy atom. The minimum absolute atomic E-state index is 0.152. The van der Waals surface area contributed by atoms with Crippen molar-refractivity contribution in [3.8, 4) is 0 Å². The lowest BCUT2D eigenvalue weighted by atomic mass is 9.92. The summed E-state index contributed by atoms with van der Waals surface area (Å²) in [5.74, 6) is 1.56. The molecule has 1 fully saturated rings. The fourth-order valence-electron chi connectivity index (χ4n) is 3.35. The van der Waals surface area contributed by atoms with Crippen LogP contribution in [0.2, 0.25) is 0 Å². The Bertz CT molecular complexity index is 812. The Labute approximate surface area is 171 Å². The van der Waals surface area contributed by atoms with Gasteiger partial charge in [0.2, 0.25) is 5.91 Å². The summed E-state index contributed by atoms with van der Waals surface area (Å²) < 4.78 is 14.4. The summed E-state index contributed by atoms with van der Waals surface area (Å²) in [6, 6.07) is 6.45. The second kappa shape index (κ2) is 9.01. The molecule has 0 bridgehead atoms. The number of rotatable bonds is 5. The summed E-state index contributed by atoms with van der Waals surface area (Å²) >= 11 is 4.51. The molecule has 1 aliphatic heterocycles. The standard InChI is InChI=1S/C19H22BrFN4OS/c1-12-5-13(2)9-25(8-12)17-7-19(23-11-22-17)27-10-18(26)24-16-4-3-14(20)6-15(16)21/h3-4,6-7,11-13H,5,8-10H2,1-2H3,(H,24,26). The number of aromatic nitrogens is 2. The van der Waals surface area contributed by atoms with Crippen LogP contribution in [0.15, 0.2) is 40.1 Å². The number of nitrogens with zero attached hydrogens (tertiary/aromatic N) is 3. The Kier molecular flexibility index (Phi) is 6.70. The summed E-state index contributed by atoms with van der Waals surface area (Å²) in [6.45, 7) is 6.47. The molecule has 1 aliphatic rings. The lowest BCUT2D eigenvalue weighted by Crippen LogP contribution is -2.39. The van der Waals surface area contributed by atoms with Crippen molar-refractivity contribution in [2.45, 2.75) is 25.3 Å². The van der Waals surface area contributed by atoms with Gasteiger partial charge in [-0.3, -0.25) is 4.79 Å². The smallest absolute Gasteiger partial charge is 0.234 e. The maximum atomic E-state index is 13.8. The molecule has 1 amide bonds. The van der Waals surface area contributed by atoms with Crippen LogP contribution in [0.1, 0.15) is 20.3 Å². The highest BCUT2D eigenvalue weighted by molar-refractivity contribution is 9.10. The first-order valence-electron chi connectivity index (χ1n) is 8.85. The fourth-order valence-corrected chi connectivity index (χ4v) is 4.34. The van der Waals surface area contributed by atoms with Gasteiger partial charge in [-0.15, -0.1) is 0 Å². The van der Waals surface area contributed by atoms with Gasteiger partial charge in [-0.05, 0) is 36.5 Å². The highest BCUT2D eigenvalue weighted by Gasteiger charge is 2.23. The van der Waals surface area contributed by atoms with Crippen molar-refractivity contribution in [2.75, 3.05) is 29.1 Å². The number of amides is 1. The van der Waals surface area contributed by atoms with Gasteiger partial charge in [0.1, 0.15) is 23.0 Å². The van der Waals surface area contributed by atoms with Gasteiger partial charge in [0.05, 0.1) is 11.4 Å². The predicted molar refractivity (Wildman–Crippen MR) is 111 cm³/mol. The van der Waals surface area contributed by atoms with Crippen LogP contribution < -0.4 is 10.2 Å². The second-order valence-corrected chi connectivity index (χ2v) is 8.94. The van der Waals surface area contributed by atoms with E-state index in [9.17, 15) is 9.18 Å². The number of halogens is 2. The number of carbonyl (C=O) groups is 1. The first-order valence-corrected chi connectivity index (χ1v) is 10.6. The third-order valence-electron chi connectivity index (χ3n) is 4.38. The van der Waals surface area contributed by atoms with Crippen molar-refractivity contribution in [3.05, 3.63) is 40.9 Å². The van der Waals surface area contributed by atoms with Crippen LogP contribution in [0.3, 0.4) is 0 Å². The molecule has 0 aliphatic carbocycles. The van der Waals surface area contributed by atoms with Gasteiger partial charge in [0.25, 0.3) is 0 Å². The number of piperidine rings is 1. The first kappa shape index (κ1) is 20.1. The monoisotopic (exact) mass is 452 g/mol. The molecule has 144 valence electrons. The SMILES string of the molecule is CC1CC(C)CN(c2cc(SCC(=O)Nc3ccc(Br)cc3F)ncn2)C1. The summed E-state index contributed by atoms with van der Waals surface area (Å²) in [5, 5.41) is 3.32. The van der Waals surface area contributed by atoms with Gasteiger partial charge in [-0.25, -0.2) is 14.4 Å². The van der Waals surface area contributed by atoms with Crippen LogP contribution in [0, 0.1) is 17.7 Å². The molecule has 1 aromatic carbocycles. The Balaban J connectivity index is 1.58. The van der Waals surface area contributed by atoms with Crippen LogP contribution in [0.5, 0.6) is 0 Å². The average Bonchev–Trinajstić information content (AvgIpc) is 2.62. The van der Waals surface area contributed by atoms with E-state index in [1.165, 1.54) is 36.6 Å². The van der Waals surface area contributed by atoms with Crippen molar-refractivity contribution >= 4 is 45.1 Å². The van der Waals surface area contributed by atoms with Gasteiger partial charge in [0.15, 0.2) is 0 Å². The number of hydrogen-bond acceptors (Lipinski definition) is 5. The third-order valence-corrected chi connectivity index (χ3v) is 5.80. The van der Waals surface area contributed by atoms with Crippen molar-refractivity contribution in [1.82, 2.24) is 9.97 Å². The molecule has 2 unspecified atom stereocenters. The van der Waals surface area contributed by atoms with Gasteiger partial charge < -0.3 is 10.2 Å². The lowest BCUT2D eigenvalue weighted by molar-refractivity contribution is -0.113. The number of carbonyl (C=O) groups excluding carboxylic acids is 1. The number of hydrogen-bond donors (Lipinski definition) is 1. The largest absolute Gasteiger partial charge is 0.356 e. The highest BCUT2D eigenvalue weighted by atomic mass is 79.9. The zero-order valence-electron chi connectivity index (χ0n) is 15.3. The van der Waals surface area contributed by atoms with E-state index in [-0.39, 0.29) is 17.3 Å². The van der Waals surface area contributed by atoms with Crippen molar-refractivity contribution in [1.29, 1.82) is 0 Å². The minimum atomic E-state index is -0.472. The molecule has 2 aromatic rings. The quantitative estimate of drug-likeness (QED) is 0.530. The molecular weight excluding hydrogens is 431 g/mol. The molecule has 5 nitrogen and oxygen atoms in total. The molecule has 0 saturated carbocycles. The van der Waals surface area contributed by atoms with Crippen molar-refractivity contribution in [2.24, 2.45) is 11.8 Å². The summed E-state index contributed by atoms with van der Waals surface area (Å²) in [7, 11) is 0. The van der Waals surface area contributed by atoms with E-state index >= 15 is 0 Å². The number of thioether (sulfide) groups is 1. The Morgan fingerprint density at radius 2 is 2.04 bits per heavy atom. The van der Waals surface area contributed by atoms with Gasteiger partial charge in [0, 0.05) is 23.6 Å². The van der Waals surface area contributed by atoms with E-state index in [0.717, 1.165) is 23.9 Å². The molecule has 3 rings (SSSR count). The second-order valence-electron chi connectivity index (χ2n) is 7.03. The average molecular weight is 453 g/mol. The maximum Gasteiger partial charge on any atom is 0.234 e. The normalized spacial score (nSPS) is 19.8. The van der Waals surface area contributed by atoms with Crippen LogP contribution in [0.25, 0.3) is 0 Å². The van der Waals surface area contributed by atoms with E-state index in [2.05, 4.69) is 50.0 Å². The third kappa shape index (κ3) is 5.65. The molecule has 1 aromatic heterocycles. The predicted octanol–water partition coefficient (Wildman–Crippen LogP) is 4.59. The maximum absolute atomic E-state index is 13.8. The van der Waals surface area contributed by atoms with Gasteiger partial charge in [-0.1, -0.05) is 41.5 Å². The zero-order valence-corrected chi connectivity index (χ0v) is 17.7. The molecule has 2 heterocycles. The van der Waals surface area contributed by atoms with E-state index in [1.54, 1.807) is 6.07 Å². The van der Waals surface area contributed by atoms with Crippen LogP contribution >= 0.6 is 27.7 Å². The Morgan fingerprint density at radius 1 is 1.30 bits per heavy atom. The number of nitrogens with one attached hydrogen (secondary N) is 1. The van der Waals surface area contributed by atoms with Crippen molar-refractivity contribution < 1.29 is 9.18 Å². The Hall–Kier alpha value is -1.67. The molecule has 27 heavy (non-hydrogen) atoms. The number of anilines is 2. The topological polar surface area (TPSA) is 58.1 Å². The van der Waals surface area contributed by atoms with Gasteiger partial charge in [-0.2, -0.15) is 0 Å². The molecule has 1 N–H and O–H groups in total. The van der Waals surface area contributed by atoms with Gasteiger partial charge >= 0.3 is 0 Å².